The van der Waals surface area contributed by atoms with Gasteiger partial charge in [0.2, 0.25) is 0 Å². The van der Waals surface area contributed by atoms with Crippen LogP contribution in [0.15, 0.2) is 16.9 Å². The Morgan fingerprint density at radius 3 is 2.56 bits per heavy atom. The summed E-state index contributed by atoms with van der Waals surface area (Å²) < 4.78 is 1.40. The number of fused-ring (bicyclic) bond motifs is 1. The first kappa shape index (κ1) is 18.6. The van der Waals surface area contributed by atoms with E-state index < -0.39 is 11.8 Å². The second-order valence-electron chi connectivity index (χ2n) is 6.66. The summed E-state index contributed by atoms with van der Waals surface area (Å²) in [6.07, 6.45) is 0.404. The van der Waals surface area contributed by atoms with E-state index in [0.717, 1.165) is 0 Å². The Hall–Kier alpha value is -3.15. The van der Waals surface area contributed by atoms with E-state index in [2.05, 4.69) is 9.97 Å². The van der Waals surface area contributed by atoms with Crippen LogP contribution >= 0.6 is 0 Å². The van der Waals surface area contributed by atoms with E-state index in [0.29, 0.717) is 42.8 Å². The predicted molar refractivity (Wildman–Crippen MR) is 99.7 cm³/mol. The van der Waals surface area contributed by atoms with E-state index >= 15 is 0 Å². The van der Waals surface area contributed by atoms with Crippen LogP contribution in [-0.2, 0) is 7.05 Å². The Morgan fingerprint density at radius 1 is 1.26 bits per heavy atom. The molecule has 0 saturated carbocycles. The summed E-state index contributed by atoms with van der Waals surface area (Å²) in [4.78, 5) is 36.1. The Labute approximate surface area is 156 Å². The number of aryl methyl sites for hydroxylation is 1. The SMILES string of the molecule is CC[C@@H]1CN(c2nc(=O)n(C)c3ccc(C#N)nc23)[C@@H](CC)CN1C(=O)O. The summed E-state index contributed by atoms with van der Waals surface area (Å²) in [6, 6.07) is 4.95. The number of aromatic nitrogens is 3. The van der Waals surface area contributed by atoms with Crippen molar-refractivity contribution in [2.45, 2.75) is 38.8 Å². The first-order valence-electron chi connectivity index (χ1n) is 8.95. The summed E-state index contributed by atoms with van der Waals surface area (Å²) >= 11 is 0. The molecule has 142 valence electrons. The van der Waals surface area contributed by atoms with Crippen LogP contribution in [0.25, 0.3) is 11.0 Å². The zero-order valence-corrected chi connectivity index (χ0v) is 15.6. The van der Waals surface area contributed by atoms with Gasteiger partial charge in [0.05, 0.1) is 11.6 Å². The minimum absolute atomic E-state index is 0.126. The van der Waals surface area contributed by atoms with Crippen molar-refractivity contribution in [3.63, 3.8) is 0 Å². The Bertz CT molecular complexity index is 979. The molecule has 9 nitrogen and oxygen atoms in total. The number of anilines is 1. The van der Waals surface area contributed by atoms with Gasteiger partial charge in [-0.25, -0.2) is 14.6 Å². The molecule has 2 aromatic rings. The number of hydrogen-bond acceptors (Lipinski definition) is 6. The molecular weight excluding hydrogens is 348 g/mol. The monoisotopic (exact) mass is 370 g/mol. The molecule has 9 heteroatoms. The van der Waals surface area contributed by atoms with Crippen LogP contribution < -0.4 is 10.6 Å². The molecule has 0 unspecified atom stereocenters. The molecule has 1 aliphatic heterocycles. The highest BCUT2D eigenvalue weighted by Crippen LogP contribution is 2.29. The lowest BCUT2D eigenvalue weighted by Crippen LogP contribution is -2.60. The van der Waals surface area contributed by atoms with Crippen molar-refractivity contribution in [1.29, 1.82) is 5.26 Å². The molecule has 2 aromatic heterocycles. The summed E-state index contributed by atoms with van der Waals surface area (Å²) in [5.74, 6) is 0.417. The van der Waals surface area contributed by atoms with E-state index in [1.165, 1.54) is 9.47 Å². The van der Waals surface area contributed by atoms with Crippen molar-refractivity contribution >= 4 is 22.9 Å². The maximum atomic E-state index is 12.4. The van der Waals surface area contributed by atoms with E-state index in [1.807, 2.05) is 24.8 Å². The number of carbonyl (C=O) groups is 1. The van der Waals surface area contributed by atoms with E-state index in [4.69, 9.17) is 0 Å². The summed E-state index contributed by atoms with van der Waals surface area (Å²) in [7, 11) is 1.61. The lowest BCUT2D eigenvalue weighted by Gasteiger charge is -2.45. The topological polar surface area (TPSA) is 115 Å². The number of rotatable bonds is 3. The number of piperazine rings is 1. The standard InChI is InChI=1S/C18H22N6O3/c1-4-12-10-24(18(26)27)13(5-2)9-23(12)16-15-14(22(3)17(25)21-16)7-6-11(8-19)20-15/h6-7,12-13H,4-5,9-10H2,1-3H3,(H,26,27)/t12-,13+/m0/s1. The Morgan fingerprint density at radius 2 is 1.96 bits per heavy atom. The molecule has 0 spiro atoms. The van der Waals surface area contributed by atoms with Crippen LogP contribution in [0, 0.1) is 11.3 Å². The van der Waals surface area contributed by atoms with Crippen LogP contribution in [0.2, 0.25) is 0 Å². The molecule has 1 fully saturated rings. The summed E-state index contributed by atoms with van der Waals surface area (Å²) in [5, 5.41) is 18.7. The van der Waals surface area contributed by atoms with Gasteiger partial charge in [-0.1, -0.05) is 13.8 Å². The third kappa shape index (κ3) is 3.18. The molecular formula is C18H22N6O3. The van der Waals surface area contributed by atoms with Gasteiger partial charge < -0.3 is 14.9 Å². The molecule has 1 amide bonds. The van der Waals surface area contributed by atoms with Crippen molar-refractivity contribution in [1.82, 2.24) is 19.4 Å². The normalized spacial score (nSPS) is 19.9. The van der Waals surface area contributed by atoms with Gasteiger partial charge >= 0.3 is 11.8 Å². The highest BCUT2D eigenvalue weighted by atomic mass is 16.4. The molecule has 0 aromatic carbocycles. The number of hydrogen-bond donors (Lipinski definition) is 1. The zero-order valence-electron chi connectivity index (χ0n) is 15.6. The van der Waals surface area contributed by atoms with Crippen molar-refractivity contribution < 1.29 is 9.90 Å². The largest absolute Gasteiger partial charge is 0.465 e. The van der Waals surface area contributed by atoms with Gasteiger partial charge in [-0.2, -0.15) is 10.2 Å². The minimum Gasteiger partial charge on any atom is -0.465 e. The van der Waals surface area contributed by atoms with Gasteiger partial charge in [-0.15, -0.1) is 0 Å². The number of pyridine rings is 1. The van der Waals surface area contributed by atoms with Gasteiger partial charge in [0.15, 0.2) is 5.82 Å². The lowest BCUT2D eigenvalue weighted by molar-refractivity contribution is 0.105. The van der Waals surface area contributed by atoms with Crippen LogP contribution in [0.4, 0.5) is 10.6 Å². The quantitative estimate of drug-likeness (QED) is 0.871. The van der Waals surface area contributed by atoms with E-state index in [9.17, 15) is 20.0 Å². The number of amides is 1. The number of nitrogens with zero attached hydrogens (tertiary/aromatic N) is 6. The molecule has 27 heavy (non-hydrogen) atoms. The lowest BCUT2D eigenvalue weighted by atomic mass is 10.0. The molecule has 1 N–H and O–H groups in total. The molecule has 0 radical (unpaired) electrons. The smallest absolute Gasteiger partial charge is 0.407 e. The highest BCUT2D eigenvalue weighted by molar-refractivity contribution is 5.86. The van der Waals surface area contributed by atoms with Crippen molar-refractivity contribution in [2.24, 2.45) is 7.05 Å². The van der Waals surface area contributed by atoms with Crippen LogP contribution in [0.3, 0.4) is 0 Å². The second kappa shape index (κ2) is 7.23. The zero-order chi connectivity index (χ0) is 19.7. The average Bonchev–Trinajstić information content (AvgIpc) is 2.69. The minimum atomic E-state index is -0.938. The Balaban J connectivity index is 2.18. The maximum Gasteiger partial charge on any atom is 0.407 e. The fourth-order valence-electron chi connectivity index (χ4n) is 3.61. The molecule has 3 rings (SSSR count). The molecule has 0 bridgehead atoms. The molecule has 2 atom stereocenters. The first-order chi connectivity index (χ1) is 12.9. The summed E-state index contributed by atoms with van der Waals surface area (Å²) in [5.41, 5.74) is 0.904. The van der Waals surface area contributed by atoms with Crippen molar-refractivity contribution in [2.75, 3.05) is 18.0 Å². The fourth-order valence-corrected chi connectivity index (χ4v) is 3.61. The second-order valence-corrected chi connectivity index (χ2v) is 6.66. The maximum absolute atomic E-state index is 12.4. The number of nitriles is 1. The average molecular weight is 370 g/mol. The van der Waals surface area contributed by atoms with E-state index in [1.54, 1.807) is 19.2 Å². The Kier molecular flexibility index (Phi) is 4.99. The van der Waals surface area contributed by atoms with Gasteiger partial charge in [0.1, 0.15) is 17.3 Å². The van der Waals surface area contributed by atoms with E-state index in [-0.39, 0.29) is 17.8 Å². The van der Waals surface area contributed by atoms with Crippen LogP contribution in [0.1, 0.15) is 32.4 Å². The van der Waals surface area contributed by atoms with Crippen LogP contribution in [-0.4, -0.2) is 55.8 Å². The van der Waals surface area contributed by atoms with Crippen LogP contribution in [0.5, 0.6) is 0 Å². The molecule has 1 saturated heterocycles. The van der Waals surface area contributed by atoms with Crippen molar-refractivity contribution in [3.05, 3.63) is 28.3 Å². The fraction of sp³-hybridized carbons (Fsp3) is 0.500. The van der Waals surface area contributed by atoms with Gasteiger partial charge in [-0.05, 0) is 25.0 Å². The third-order valence-corrected chi connectivity index (χ3v) is 5.21. The summed E-state index contributed by atoms with van der Waals surface area (Å²) in [6.45, 7) is 4.67. The van der Waals surface area contributed by atoms with Gasteiger partial charge in [-0.3, -0.25) is 4.57 Å². The molecule has 3 heterocycles. The van der Waals surface area contributed by atoms with Crippen molar-refractivity contribution in [3.8, 4) is 6.07 Å². The highest BCUT2D eigenvalue weighted by Gasteiger charge is 2.36. The third-order valence-electron chi connectivity index (χ3n) is 5.21. The van der Waals surface area contributed by atoms with Gasteiger partial charge in [0.25, 0.3) is 0 Å². The predicted octanol–water partition coefficient (Wildman–Crippen LogP) is 1.56. The van der Waals surface area contributed by atoms with Gasteiger partial charge in [0, 0.05) is 26.2 Å². The number of carboxylic acid groups (broad SMARTS) is 1. The molecule has 0 aliphatic carbocycles. The molecule has 1 aliphatic rings. The first-order valence-corrected chi connectivity index (χ1v) is 8.95.